The summed E-state index contributed by atoms with van der Waals surface area (Å²) in [6, 6.07) is 8.27. The number of hydrogen-bond donors (Lipinski definition) is 1. The minimum atomic E-state index is 0.00403. The molecule has 6 heteroatoms. The number of aromatic nitrogens is 2. The molecular formula is C18H25N3O2S. The maximum atomic E-state index is 12.1. The standard InChI is InChI=1S/C18H25N3O2S/c1-12(2)18-20-17(23-21-18)7-5-6-16(22)19-13(3)14-8-10-15(24-4)11-9-14/h8-13H,5-7H2,1-4H3,(H,19,22)/t13-/m0/s1. The predicted molar refractivity (Wildman–Crippen MR) is 96.1 cm³/mol. The van der Waals surface area contributed by atoms with Crippen LogP contribution in [0.1, 0.15) is 62.9 Å². The molecule has 0 aliphatic heterocycles. The highest BCUT2D eigenvalue weighted by Gasteiger charge is 2.12. The van der Waals surface area contributed by atoms with Gasteiger partial charge in [-0.25, -0.2) is 0 Å². The molecule has 0 saturated carbocycles. The van der Waals surface area contributed by atoms with Crippen molar-refractivity contribution >= 4 is 17.7 Å². The number of amides is 1. The first-order valence-electron chi connectivity index (χ1n) is 8.25. The minimum Gasteiger partial charge on any atom is -0.350 e. The average Bonchev–Trinajstić information content (AvgIpc) is 3.04. The molecular weight excluding hydrogens is 322 g/mol. The molecule has 5 nitrogen and oxygen atoms in total. The van der Waals surface area contributed by atoms with E-state index < -0.39 is 0 Å². The van der Waals surface area contributed by atoms with E-state index in [0.29, 0.717) is 25.2 Å². The lowest BCUT2D eigenvalue weighted by molar-refractivity contribution is -0.121. The lowest BCUT2D eigenvalue weighted by Gasteiger charge is -2.14. The first-order valence-corrected chi connectivity index (χ1v) is 9.48. The highest BCUT2D eigenvalue weighted by molar-refractivity contribution is 7.98. The highest BCUT2D eigenvalue weighted by Crippen LogP contribution is 2.19. The lowest BCUT2D eigenvalue weighted by atomic mass is 10.1. The summed E-state index contributed by atoms with van der Waals surface area (Å²) < 4.78 is 5.19. The second-order valence-electron chi connectivity index (χ2n) is 6.12. The van der Waals surface area contributed by atoms with Crippen molar-refractivity contribution < 1.29 is 9.32 Å². The Morgan fingerprint density at radius 3 is 2.54 bits per heavy atom. The molecule has 130 valence electrons. The Bertz CT molecular complexity index is 653. The quantitative estimate of drug-likeness (QED) is 0.728. The molecule has 0 unspecified atom stereocenters. The second kappa shape index (κ2) is 8.87. The number of carbonyl (C=O) groups is 1. The van der Waals surface area contributed by atoms with Gasteiger partial charge < -0.3 is 9.84 Å². The van der Waals surface area contributed by atoms with E-state index in [1.165, 1.54) is 4.90 Å². The molecule has 1 aromatic carbocycles. The van der Waals surface area contributed by atoms with Crippen molar-refractivity contribution in [3.8, 4) is 0 Å². The number of benzene rings is 1. The molecule has 1 atom stereocenters. The predicted octanol–water partition coefficient (Wildman–Crippen LogP) is 4.12. The summed E-state index contributed by atoms with van der Waals surface area (Å²) in [5, 5.41) is 6.96. The van der Waals surface area contributed by atoms with Crippen LogP contribution in [0.2, 0.25) is 0 Å². The fraction of sp³-hybridized carbons (Fsp3) is 0.500. The van der Waals surface area contributed by atoms with Crippen LogP contribution >= 0.6 is 11.8 Å². The van der Waals surface area contributed by atoms with Gasteiger partial charge in [-0.2, -0.15) is 4.98 Å². The Morgan fingerprint density at radius 1 is 1.25 bits per heavy atom. The molecule has 0 spiro atoms. The number of nitrogens with zero attached hydrogens (tertiary/aromatic N) is 2. The molecule has 1 aromatic heterocycles. The van der Waals surface area contributed by atoms with Gasteiger partial charge in [0, 0.05) is 23.7 Å². The van der Waals surface area contributed by atoms with Gasteiger partial charge in [-0.1, -0.05) is 31.1 Å². The van der Waals surface area contributed by atoms with Gasteiger partial charge in [0.2, 0.25) is 11.8 Å². The molecule has 1 amide bonds. The van der Waals surface area contributed by atoms with E-state index in [1.807, 2.05) is 27.0 Å². The number of hydrogen-bond acceptors (Lipinski definition) is 5. The van der Waals surface area contributed by atoms with Crippen LogP contribution in [0.15, 0.2) is 33.7 Å². The molecule has 0 radical (unpaired) electrons. The zero-order valence-corrected chi connectivity index (χ0v) is 15.5. The van der Waals surface area contributed by atoms with Crippen molar-refractivity contribution in [1.82, 2.24) is 15.5 Å². The maximum Gasteiger partial charge on any atom is 0.226 e. The van der Waals surface area contributed by atoms with Gasteiger partial charge in [0.15, 0.2) is 5.82 Å². The molecule has 0 fully saturated rings. The highest BCUT2D eigenvalue weighted by atomic mass is 32.2. The summed E-state index contributed by atoms with van der Waals surface area (Å²) in [6.45, 7) is 6.04. The Labute approximate surface area is 147 Å². The molecule has 0 aliphatic rings. The molecule has 0 saturated heterocycles. The third-order valence-electron chi connectivity index (χ3n) is 3.79. The van der Waals surface area contributed by atoms with Crippen LogP contribution in [0.4, 0.5) is 0 Å². The van der Waals surface area contributed by atoms with Crippen molar-refractivity contribution in [3.05, 3.63) is 41.5 Å². The number of carbonyl (C=O) groups excluding carboxylic acids is 1. The van der Waals surface area contributed by atoms with Crippen LogP contribution in [0, 0.1) is 0 Å². The SMILES string of the molecule is CSc1ccc([C@H](C)NC(=O)CCCc2nc(C(C)C)no2)cc1. The molecule has 2 rings (SSSR count). The van der Waals surface area contributed by atoms with Gasteiger partial charge >= 0.3 is 0 Å². The molecule has 0 bridgehead atoms. The third-order valence-corrected chi connectivity index (χ3v) is 4.53. The zero-order valence-electron chi connectivity index (χ0n) is 14.7. The second-order valence-corrected chi connectivity index (χ2v) is 7.00. The van der Waals surface area contributed by atoms with E-state index in [9.17, 15) is 4.79 Å². The summed E-state index contributed by atoms with van der Waals surface area (Å²) >= 11 is 1.71. The summed E-state index contributed by atoms with van der Waals surface area (Å²) in [7, 11) is 0. The molecule has 1 N–H and O–H groups in total. The molecule has 0 aliphatic carbocycles. The van der Waals surface area contributed by atoms with Crippen molar-refractivity contribution in [2.45, 2.75) is 56.9 Å². The fourth-order valence-corrected chi connectivity index (χ4v) is 2.70. The normalized spacial score (nSPS) is 12.4. The van der Waals surface area contributed by atoms with Gasteiger partial charge in [0.25, 0.3) is 0 Å². The molecule has 24 heavy (non-hydrogen) atoms. The average molecular weight is 347 g/mol. The Kier molecular flexibility index (Phi) is 6.85. The molecule has 2 aromatic rings. The van der Waals surface area contributed by atoms with Crippen molar-refractivity contribution in [3.63, 3.8) is 0 Å². The van der Waals surface area contributed by atoms with Gasteiger partial charge in [-0.05, 0) is 37.3 Å². The van der Waals surface area contributed by atoms with E-state index in [0.717, 1.165) is 11.4 Å². The Morgan fingerprint density at radius 2 is 1.96 bits per heavy atom. The van der Waals surface area contributed by atoms with E-state index in [1.54, 1.807) is 11.8 Å². The van der Waals surface area contributed by atoms with E-state index in [2.05, 4.69) is 39.7 Å². The topological polar surface area (TPSA) is 68.0 Å². The Balaban J connectivity index is 1.75. The van der Waals surface area contributed by atoms with Crippen LogP contribution in [-0.2, 0) is 11.2 Å². The van der Waals surface area contributed by atoms with E-state index in [-0.39, 0.29) is 17.9 Å². The van der Waals surface area contributed by atoms with Gasteiger partial charge in [-0.15, -0.1) is 11.8 Å². The summed E-state index contributed by atoms with van der Waals surface area (Å²) in [5.74, 6) is 1.62. The number of rotatable bonds is 8. The number of nitrogens with one attached hydrogen (secondary N) is 1. The van der Waals surface area contributed by atoms with Crippen molar-refractivity contribution in [1.29, 1.82) is 0 Å². The Hall–Kier alpha value is -1.82. The summed E-state index contributed by atoms with van der Waals surface area (Å²) in [4.78, 5) is 17.6. The van der Waals surface area contributed by atoms with Crippen molar-refractivity contribution in [2.24, 2.45) is 0 Å². The lowest BCUT2D eigenvalue weighted by Crippen LogP contribution is -2.26. The van der Waals surface area contributed by atoms with Crippen molar-refractivity contribution in [2.75, 3.05) is 6.26 Å². The maximum absolute atomic E-state index is 12.1. The van der Waals surface area contributed by atoms with Gasteiger partial charge in [0.05, 0.1) is 6.04 Å². The van der Waals surface area contributed by atoms with Gasteiger partial charge in [0.1, 0.15) is 0 Å². The van der Waals surface area contributed by atoms with E-state index in [4.69, 9.17) is 4.52 Å². The van der Waals surface area contributed by atoms with Crippen LogP contribution in [0.25, 0.3) is 0 Å². The summed E-state index contributed by atoms with van der Waals surface area (Å²) in [6.07, 6.45) is 3.83. The smallest absolute Gasteiger partial charge is 0.226 e. The summed E-state index contributed by atoms with van der Waals surface area (Å²) in [5.41, 5.74) is 1.11. The van der Waals surface area contributed by atoms with Gasteiger partial charge in [-0.3, -0.25) is 4.79 Å². The number of aryl methyl sites for hydroxylation is 1. The minimum absolute atomic E-state index is 0.00403. The first kappa shape index (κ1) is 18.5. The van der Waals surface area contributed by atoms with Crippen LogP contribution in [0.5, 0.6) is 0 Å². The van der Waals surface area contributed by atoms with Crippen LogP contribution in [-0.4, -0.2) is 22.3 Å². The zero-order chi connectivity index (χ0) is 17.5. The monoisotopic (exact) mass is 347 g/mol. The number of thioether (sulfide) groups is 1. The first-order chi connectivity index (χ1) is 11.5. The van der Waals surface area contributed by atoms with E-state index >= 15 is 0 Å². The largest absolute Gasteiger partial charge is 0.350 e. The van der Waals surface area contributed by atoms with Crippen LogP contribution < -0.4 is 5.32 Å². The van der Waals surface area contributed by atoms with Crippen LogP contribution in [0.3, 0.4) is 0 Å². The third kappa shape index (κ3) is 5.37. The fourth-order valence-electron chi connectivity index (χ4n) is 2.29. The molecule has 1 heterocycles.